The van der Waals surface area contributed by atoms with Crippen LogP contribution in [0.4, 0.5) is 10.1 Å². The third kappa shape index (κ3) is 5.88. The first-order valence-corrected chi connectivity index (χ1v) is 19.3. The molecule has 1 spiro atoms. The Bertz CT molecular complexity index is 1700. The number of rotatable bonds is 4. The summed E-state index contributed by atoms with van der Waals surface area (Å²) in [5.74, 6) is 0.306. The molecule has 4 bridgehead atoms. The predicted molar refractivity (Wildman–Crippen MR) is 182 cm³/mol. The summed E-state index contributed by atoms with van der Waals surface area (Å²) in [4.78, 5) is 15.9. The van der Waals surface area contributed by atoms with Gasteiger partial charge in [-0.3, -0.25) is 4.79 Å². The lowest BCUT2D eigenvalue weighted by atomic mass is 9.64. The molecule has 0 aromatic heterocycles. The number of halogens is 2. The van der Waals surface area contributed by atoms with E-state index >= 15 is 4.39 Å². The van der Waals surface area contributed by atoms with Gasteiger partial charge < -0.3 is 14.4 Å². The fourth-order valence-electron chi connectivity index (χ4n) is 8.63. The van der Waals surface area contributed by atoms with Gasteiger partial charge in [-0.05, 0) is 117 Å². The lowest BCUT2D eigenvalue weighted by Crippen LogP contribution is -2.51. The molecule has 7 atom stereocenters. The van der Waals surface area contributed by atoms with E-state index in [1.54, 1.807) is 31.2 Å². The van der Waals surface area contributed by atoms with Gasteiger partial charge in [-0.1, -0.05) is 44.0 Å². The average molecular weight is 685 g/mol. The van der Waals surface area contributed by atoms with Crippen LogP contribution in [0.1, 0.15) is 87.2 Å². The molecule has 1 fully saturated rings. The minimum absolute atomic E-state index is 0.0120. The Morgan fingerprint density at radius 2 is 2.00 bits per heavy atom. The molecule has 3 aliphatic heterocycles. The van der Waals surface area contributed by atoms with Crippen molar-refractivity contribution in [3.05, 3.63) is 69.5 Å². The van der Waals surface area contributed by atoms with Gasteiger partial charge in [0.25, 0.3) is 5.91 Å². The third-order valence-electron chi connectivity index (χ3n) is 11.9. The van der Waals surface area contributed by atoms with Gasteiger partial charge in [-0.25, -0.2) is 17.5 Å². The SMILES string of the molecule is CCCCO[C@H]1C2=C[C@@H](C2)[C@H](C)[C@@H](C)S(=O)(=O)NC(=O)c2ccc3c(c2)N(C[C@@H]2CC[C@H]21)C[C@@]1(CCCc2c1ccc(Cl)c2F)CO3. The standard InChI is InChI=1S/C37H46ClFN2O5S/c1-4-5-15-45-35-27-16-26(17-27)22(2)23(3)47(43,44)40-36(42)24-9-13-33-32(18-24)41(19-25-8-10-28(25)35)20-37(21-46-33)14-6-7-29-30(37)11-12-31(38)34(29)39/h9,11-13,16,18,22-23,25-26,28,35H,4-8,10,14-15,17,19-21H2,1-3H3,(H,40,42)/t22-,23-,25+,26+,28-,35+,37+/m1/s1. The predicted octanol–water partition coefficient (Wildman–Crippen LogP) is 7.21. The second-order valence-electron chi connectivity index (χ2n) is 14.7. The highest BCUT2D eigenvalue weighted by Crippen LogP contribution is 2.50. The molecule has 2 aromatic carbocycles. The van der Waals surface area contributed by atoms with Gasteiger partial charge in [-0.15, -0.1) is 0 Å². The lowest BCUT2D eigenvalue weighted by Gasteiger charge is -2.48. The second-order valence-corrected chi connectivity index (χ2v) is 17.1. The summed E-state index contributed by atoms with van der Waals surface area (Å²) >= 11 is 6.24. The second kappa shape index (κ2) is 12.7. The van der Waals surface area contributed by atoms with E-state index in [0.717, 1.165) is 62.7 Å². The first kappa shape index (κ1) is 32.9. The monoisotopic (exact) mass is 684 g/mol. The van der Waals surface area contributed by atoms with Gasteiger partial charge in [0.2, 0.25) is 10.0 Å². The molecule has 1 N–H and O–H groups in total. The number of unbranched alkanes of at least 4 members (excludes halogenated alkanes) is 1. The summed E-state index contributed by atoms with van der Waals surface area (Å²) in [6.45, 7) is 8.21. The van der Waals surface area contributed by atoms with Crippen molar-refractivity contribution in [3.8, 4) is 5.75 Å². The van der Waals surface area contributed by atoms with E-state index in [2.05, 4.69) is 22.6 Å². The maximum atomic E-state index is 15.4. The zero-order chi connectivity index (χ0) is 33.1. The molecule has 47 heavy (non-hydrogen) atoms. The molecule has 0 radical (unpaired) electrons. The zero-order valence-corrected chi connectivity index (χ0v) is 29.1. The molecule has 0 unspecified atom stereocenters. The van der Waals surface area contributed by atoms with Gasteiger partial charge >= 0.3 is 0 Å². The molecular weight excluding hydrogens is 639 g/mol. The van der Waals surface area contributed by atoms with Crippen LogP contribution in [0.3, 0.4) is 0 Å². The number of ether oxygens (including phenoxy) is 2. The van der Waals surface area contributed by atoms with Crippen molar-refractivity contribution in [2.24, 2.45) is 23.7 Å². The average Bonchev–Trinajstić information content (AvgIpc) is 3.16. The van der Waals surface area contributed by atoms with Crippen molar-refractivity contribution >= 4 is 33.2 Å². The zero-order valence-electron chi connectivity index (χ0n) is 27.6. The van der Waals surface area contributed by atoms with Crippen LogP contribution in [0.2, 0.25) is 5.02 Å². The summed E-state index contributed by atoms with van der Waals surface area (Å²) in [6.07, 6.45) is 9.53. The van der Waals surface area contributed by atoms with Crippen molar-refractivity contribution in [1.82, 2.24) is 4.72 Å². The van der Waals surface area contributed by atoms with Gasteiger partial charge in [-0.2, -0.15) is 0 Å². The number of anilines is 1. The van der Waals surface area contributed by atoms with Gasteiger partial charge in [0.1, 0.15) is 11.6 Å². The highest BCUT2D eigenvalue weighted by Gasteiger charge is 2.47. The number of carbonyl (C=O) groups excluding carboxylic acids is 1. The van der Waals surface area contributed by atoms with Crippen LogP contribution in [0.15, 0.2) is 42.0 Å². The Hall–Kier alpha value is -2.62. The molecule has 3 heterocycles. The maximum absolute atomic E-state index is 15.4. The molecular formula is C37H46ClFN2O5S. The first-order chi connectivity index (χ1) is 22.5. The van der Waals surface area contributed by atoms with Crippen LogP contribution < -0.4 is 14.4 Å². The van der Waals surface area contributed by atoms with Crippen molar-refractivity contribution in [2.45, 2.75) is 88.9 Å². The van der Waals surface area contributed by atoms with Crippen molar-refractivity contribution in [1.29, 1.82) is 0 Å². The van der Waals surface area contributed by atoms with Gasteiger partial charge in [0.15, 0.2) is 0 Å². The number of hydrogen-bond acceptors (Lipinski definition) is 6. The van der Waals surface area contributed by atoms with E-state index in [4.69, 9.17) is 21.1 Å². The van der Waals surface area contributed by atoms with Crippen LogP contribution in [0.5, 0.6) is 5.75 Å². The summed E-state index contributed by atoms with van der Waals surface area (Å²) in [7, 11) is -3.94. The number of allylic oxidation sites excluding steroid dienone is 1. The Kier molecular flexibility index (Phi) is 8.88. The van der Waals surface area contributed by atoms with Crippen molar-refractivity contribution in [2.75, 3.05) is 31.2 Å². The molecule has 2 aromatic rings. The maximum Gasteiger partial charge on any atom is 0.264 e. The number of benzene rings is 2. The number of hydrogen-bond donors (Lipinski definition) is 1. The minimum Gasteiger partial charge on any atom is -0.490 e. The number of amides is 1. The summed E-state index contributed by atoms with van der Waals surface area (Å²) in [6, 6.07) is 8.80. The molecule has 7 nitrogen and oxygen atoms in total. The van der Waals surface area contributed by atoms with E-state index < -0.39 is 26.6 Å². The largest absolute Gasteiger partial charge is 0.490 e. The normalized spacial score (nSPS) is 32.8. The highest BCUT2D eigenvalue weighted by atomic mass is 35.5. The molecule has 1 saturated carbocycles. The van der Waals surface area contributed by atoms with E-state index in [1.165, 1.54) is 5.57 Å². The quantitative estimate of drug-likeness (QED) is 0.271. The topological polar surface area (TPSA) is 84.9 Å². The van der Waals surface area contributed by atoms with Crippen LogP contribution in [-0.2, 0) is 26.6 Å². The number of carbonyl (C=O) groups is 1. The Morgan fingerprint density at radius 3 is 2.74 bits per heavy atom. The van der Waals surface area contributed by atoms with E-state index in [9.17, 15) is 13.2 Å². The van der Waals surface area contributed by atoms with Crippen LogP contribution in [0, 0.1) is 29.5 Å². The van der Waals surface area contributed by atoms with Crippen LogP contribution >= 0.6 is 11.6 Å². The van der Waals surface area contributed by atoms with E-state index in [1.807, 2.05) is 13.0 Å². The third-order valence-corrected chi connectivity index (χ3v) is 14.1. The molecule has 0 saturated heterocycles. The van der Waals surface area contributed by atoms with Crippen molar-refractivity contribution < 1.29 is 27.1 Å². The molecule has 6 aliphatic rings. The fraction of sp³-hybridized carbons (Fsp3) is 0.595. The van der Waals surface area contributed by atoms with Crippen LogP contribution in [0.25, 0.3) is 0 Å². The molecule has 3 aliphatic carbocycles. The molecule has 1 amide bonds. The molecule has 8 rings (SSSR count). The Morgan fingerprint density at radius 1 is 1.19 bits per heavy atom. The first-order valence-electron chi connectivity index (χ1n) is 17.4. The van der Waals surface area contributed by atoms with Crippen molar-refractivity contribution in [3.63, 3.8) is 0 Å². The van der Waals surface area contributed by atoms with E-state index in [0.29, 0.717) is 49.3 Å². The Labute approximate surface area is 283 Å². The molecule has 254 valence electrons. The number of nitrogens with zero attached hydrogens (tertiary/aromatic N) is 1. The van der Waals surface area contributed by atoms with Crippen LogP contribution in [-0.4, -0.2) is 52.0 Å². The smallest absolute Gasteiger partial charge is 0.264 e. The lowest BCUT2D eigenvalue weighted by molar-refractivity contribution is -0.0274. The Balaban J connectivity index is 1.31. The van der Waals surface area contributed by atoms with E-state index in [-0.39, 0.29) is 34.3 Å². The summed E-state index contributed by atoms with van der Waals surface area (Å²) < 4.78 is 57.9. The highest BCUT2D eigenvalue weighted by molar-refractivity contribution is 7.90. The summed E-state index contributed by atoms with van der Waals surface area (Å²) in [5, 5.41) is -0.615. The number of fused-ring (bicyclic) bond motifs is 6. The fourth-order valence-corrected chi connectivity index (χ4v) is 10.1. The summed E-state index contributed by atoms with van der Waals surface area (Å²) in [5.41, 5.74) is 3.44. The number of sulfonamides is 1. The molecule has 10 heteroatoms. The van der Waals surface area contributed by atoms with Gasteiger partial charge in [0, 0.05) is 30.7 Å². The minimum atomic E-state index is -3.94. The van der Waals surface area contributed by atoms with Gasteiger partial charge in [0.05, 0.1) is 28.7 Å². The number of nitrogens with one attached hydrogen (secondary N) is 1.